The maximum absolute atomic E-state index is 10.1. The molecule has 0 heterocycles. The smallest absolute Gasteiger partial charge is 0.165 e. The van der Waals surface area contributed by atoms with Crippen molar-refractivity contribution in [1.82, 2.24) is 0 Å². The molecule has 0 radical (unpaired) electrons. The van der Waals surface area contributed by atoms with Crippen LogP contribution in [0.3, 0.4) is 0 Å². The maximum atomic E-state index is 10.1. The molecule has 19 heavy (non-hydrogen) atoms. The fourth-order valence-corrected chi connectivity index (χ4v) is 2.86. The summed E-state index contributed by atoms with van der Waals surface area (Å²) in [5, 5.41) is 20.2. The van der Waals surface area contributed by atoms with E-state index in [9.17, 15) is 10.2 Å². The van der Waals surface area contributed by atoms with Crippen LogP contribution in [0.15, 0.2) is 60.7 Å². The van der Waals surface area contributed by atoms with Gasteiger partial charge in [0.25, 0.3) is 0 Å². The van der Waals surface area contributed by atoms with Gasteiger partial charge in [0.05, 0.1) is 5.41 Å². The van der Waals surface area contributed by atoms with Crippen LogP contribution in [0.5, 0.6) is 0 Å². The molecule has 0 unspecified atom stereocenters. The molecule has 0 aliphatic carbocycles. The molecule has 0 aliphatic heterocycles. The van der Waals surface area contributed by atoms with Crippen LogP contribution in [0.1, 0.15) is 25.0 Å². The first-order valence-electron chi connectivity index (χ1n) is 6.57. The molecule has 0 amide bonds. The molecular formula is C17H20O2. The lowest BCUT2D eigenvalue weighted by atomic mass is 9.66. The van der Waals surface area contributed by atoms with E-state index in [1.165, 1.54) is 0 Å². The number of hydrogen-bond donors (Lipinski definition) is 2. The predicted molar refractivity (Wildman–Crippen MR) is 76.7 cm³/mol. The van der Waals surface area contributed by atoms with Gasteiger partial charge in [-0.2, -0.15) is 0 Å². The molecule has 2 N–H and O–H groups in total. The Balaban J connectivity index is 2.69. The minimum Gasteiger partial charge on any atom is -0.367 e. The monoisotopic (exact) mass is 256 g/mol. The van der Waals surface area contributed by atoms with E-state index in [4.69, 9.17) is 0 Å². The summed E-state index contributed by atoms with van der Waals surface area (Å²) in [6.45, 7) is 4.03. The summed E-state index contributed by atoms with van der Waals surface area (Å²) in [5.41, 5.74) is 1.04. The molecule has 0 spiro atoms. The summed E-state index contributed by atoms with van der Waals surface area (Å²) < 4.78 is 0. The summed E-state index contributed by atoms with van der Waals surface area (Å²) in [7, 11) is 0. The molecule has 2 nitrogen and oxygen atoms in total. The van der Waals surface area contributed by atoms with Crippen LogP contribution in [-0.2, 0) is 5.41 Å². The average Bonchev–Trinajstić information content (AvgIpc) is 2.41. The largest absolute Gasteiger partial charge is 0.367 e. The van der Waals surface area contributed by atoms with Gasteiger partial charge in [-0.05, 0) is 17.0 Å². The topological polar surface area (TPSA) is 40.5 Å². The molecule has 0 aliphatic rings. The minimum atomic E-state index is -1.45. The molecule has 100 valence electrons. The quantitative estimate of drug-likeness (QED) is 0.826. The van der Waals surface area contributed by atoms with Gasteiger partial charge in [-0.25, -0.2) is 0 Å². The minimum absolute atomic E-state index is 0.0531. The van der Waals surface area contributed by atoms with Crippen molar-refractivity contribution >= 4 is 0 Å². The first-order chi connectivity index (χ1) is 9.10. The zero-order valence-corrected chi connectivity index (χ0v) is 11.3. The van der Waals surface area contributed by atoms with Crippen molar-refractivity contribution in [2.24, 2.45) is 5.92 Å². The normalized spacial score (nSPS) is 12.1. The van der Waals surface area contributed by atoms with Gasteiger partial charge in [0.2, 0.25) is 0 Å². The predicted octanol–water partition coefficient (Wildman–Crippen LogP) is 2.94. The third kappa shape index (κ3) is 2.29. The third-order valence-corrected chi connectivity index (χ3v) is 3.82. The van der Waals surface area contributed by atoms with Crippen molar-refractivity contribution in [2.45, 2.75) is 25.6 Å². The highest BCUT2D eigenvalue weighted by molar-refractivity contribution is 5.41. The number of aliphatic hydroxyl groups is 2. The Bertz CT molecular complexity index is 454. The highest BCUT2D eigenvalue weighted by Gasteiger charge is 2.43. The number of rotatable bonds is 4. The average molecular weight is 256 g/mol. The Morgan fingerprint density at radius 3 is 1.37 bits per heavy atom. The molecule has 0 saturated carbocycles. The van der Waals surface area contributed by atoms with Crippen molar-refractivity contribution in [3.05, 3.63) is 71.8 Å². The van der Waals surface area contributed by atoms with Gasteiger partial charge in [-0.15, -0.1) is 0 Å². The standard InChI is InChI=1S/C17H20O2/c1-13(2)17(16(18)19,14-9-5-3-6-10-14)15-11-7-4-8-12-15/h3-13,16,18-19H,1-2H3. The van der Waals surface area contributed by atoms with E-state index in [1.807, 2.05) is 74.5 Å². The van der Waals surface area contributed by atoms with Crippen LogP contribution in [0, 0.1) is 5.92 Å². The lowest BCUT2D eigenvalue weighted by Gasteiger charge is -2.40. The van der Waals surface area contributed by atoms with Gasteiger partial charge in [0.15, 0.2) is 6.29 Å². The molecule has 2 aromatic carbocycles. The van der Waals surface area contributed by atoms with Crippen LogP contribution >= 0.6 is 0 Å². The zero-order chi connectivity index (χ0) is 13.9. The SMILES string of the molecule is CC(C)C(c1ccccc1)(c1ccccc1)C(O)O. The van der Waals surface area contributed by atoms with Gasteiger partial charge >= 0.3 is 0 Å². The molecule has 0 aromatic heterocycles. The van der Waals surface area contributed by atoms with E-state index < -0.39 is 11.7 Å². The Hall–Kier alpha value is -1.64. The lowest BCUT2D eigenvalue weighted by Crippen LogP contribution is -2.45. The number of aliphatic hydroxyl groups excluding tert-OH is 1. The van der Waals surface area contributed by atoms with Crippen molar-refractivity contribution < 1.29 is 10.2 Å². The first kappa shape index (κ1) is 13.8. The van der Waals surface area contributed by atoms with Crippen LogP contribution < -0.4 is 0 Å². The summed E-state index contributed by atoms with van der Waals surface area (Å²) in [5.74, 6) is 0.0531. The molecule has 0 saturated heterocycles. The summed E-state index contributed by atoms with van der Waals surface area (Å²) >= 11 is 0. The fraction of sp³-hybridized carbons (Fsp3) is 0.294. The molecule has 0 atom stereocenters. The molecule has 0 bridgehead atoms. The highest BCUT2D eigenvalue weighted by Crippen LogP contribution is 2.41. The van der Waals surface area contributed by atoms with E-state index in [0.29, 0.717) is 0 Å². The first-order valence-corrected chi connectivity index (χ1v) is 6.57. The van der Waals surface area contributed by atoms with E-state index >= 15 is 0 Å². The molecule has 2 aromatic rings. The van der Waals surface area contributed by atoms with Crippen LogP contribution in [0.25, 0.3) is 0 Å². The Labute approximate surface area is 114 Å². The molecular weight excluding hydrogens is 236 g/mol. The summed E-state index contributed by atoms with van der Waals surface area (Å²) in [6.07, 6.45) is -1.45. The van der Waals surface area contributed by atoms with E-state index in [-0.39, 0.29) is 5.92 Å². The zero-order valence-electron chi connectivity index (χ0n) is 11.3. The van der Waals surface area contributed by atoms with Gasteiger partial charge in [-0.3, -0.25) is 0 Å². The van der Waals surface area contributed by atoms with Crippen molar-refractivity contribution in [3.63, 3.8) is 0 Å². The van der Waals surface area contributed by atoms with Crippen molar-refractivity contribution in [1.29, 1.82) is 0 Å². The Morgan fingerprint density at radius 2 is 1.11 bits per heavy atom. The number of hydrogen-bond acceptors (Lipinski definition) is 2. The van der Waals surface area contributed by atoms with Gasteiger partial charge in [-0.1, -0.05) is 74.5 Å². The summed E-state index contributed by atoms with van der Waals surface area (Å²) in [6, 6.07) is 19.4. The molecule has 2 rings (SSSR count). The summed E-state index contributed by atoms with van der Waals surface area (Å²) in [4.78, 5) is 0. The van der Waals surface area contributed by atoms with Crippen LogP contribution in [-0.4, -0.2) is 16.5 Å². The lowest BCUT2D eigenvalue weighted by molar-refractivity contribution is -0.101. The third-order valence-electron chi connectivity index (χ3n) is 3.82. The fourth-order valence-electron chi connectivity index (χ4n) is 2.86. The second kappa shape index (κ2) is 5.55. The van der Waals surface area contributed by atoms with Crippen molar-refractivity contribution in [3.8, 4) is 0 Å². The highest BCUT2D eigenvalue weighted by atomic mass is 16.5. The van der Waals surface area contributed by atoms with E-state index in [0.717, 1.165) is 11.1 Å². The molecule has 0 fully saturated rings. The van der Waals surface area contributed by atoms with Crippen molar-refractivity contribution in [2.75, 3.05) is 0 Å². The van der Waals surface area contributed by atoms with E-state index in [2.05, 4.69) is 0 Å². The van der Waals surface area contributed by atoms with Gasteiger partial charge in [0, 0.05) is 0 Å². The Morgan fingerprint density at radius 1 is 0.737 bits per heavy atom. The number of benzene rings is 2. The van der Waals surface area contributed by atoms with Crippen LogP contribution in [0.2, 0.25) is 0 Å². The van der Waals surface area contributed by atoms with Gasteiger partial charge < -0.3 is 10.2 Å². The van der Waals surface area contributed by atoms with Gasteiger partial charge in [0.1, 0.15) is 0 Å². The van der Waals surface area contributed by atoms with Crippen LogP contribution in [0.4, 0.5) is 0 Å². The Kier molecular flexibility index (Phi) is 4.03. The van der Waals surface area contributed by atoms with E-state index in [1.54, 1.807) is 0 Å². The second-order valence-electron chi connectivity index (χ2n) is 5.13. The molecule has 2 heteroatoms. The maximum Gasteiger partial charge on any atom is 0.165 e. The second-order valence-corrected chi connectivity index (χ2v) is 5.13.